The summed E-state index contributed by atoms with van der Waals surface area (Å²) in [4.78, 5) is 13.0. The zero-order chi connectivity index (χ0) is 12.4. The van der Waals surface area contributed by atoms with Crippen molar-refractivity contribution in [2.45, 2.75) is 24.6 Å². The molecule has 0 aromatic heterocycles. The van der Waals surface area contributed by atoms with E-state index in [4.69, 9.17) is 5.11 Å². The van der Waals surface area contributed by atoms with Crippen LogP contribution in [0.5, 0.6) is 0 Å². The maximum atomic E-state index is 12.1. The van der Waals surface area contributed by atoms with Gasteiger partial charge >= 0.3 is 12.1 Å². The predicted octanol–water partition coefficient (Wildman–Crippen LogP) is 0.687. The smallest absolute Gasteiger partial charge is 0.401 e. The van der Waals surface area contributed by atoms with E-state index in [2.05, 4.69) is 5.32 Å². The molecule has 0 saturated carbocycles. The Hall–Kier alpha value is -0.820. The number of aliphatic carboxylic acids is 1. The molecule has 1 aliphatic heterocycles. The zero-order valence-corrected chi connectivity index (χ0v) is 8.97. The van der Waals surface area contributed by atoms with Gasteiger partial charge in [-0.15, -0.1) is 0 Å². The first-order valence-electron chi connectivity index (χ1n) is 4.99. The number of piperidine rings is 1. The number of hydrogen-bond acceptors (Lipinski definition) is 3. The van der Waals surface area contributed by atoms with Crippen LogP contribution in [0.1, 0.15) is 12.8 Å². The zero-order valence-electron chi connectivity index (χ0n) is 8.97. The van der Waals surface area contributed by atoms with Gasteiger partial charge in [0.15, 0.2) is 0 Å². The molecule has 0 amide bonds. The second-order valence-electron chi connectivity index (χ2n) is 4.16. The highest BCUT2D eigenvalue weighted by molar-refractivity contribution is 5.79. The van der Waals surface area contributed by atoms with Crippen molar-refractivity contribution in [2.75, 3.05) is 26.7 Å². The second-order valence-corrected chi connectivity index (χ2v) is 4.16. The van der Waals surface area contributed by atoms with Crippen LogP contribution < -0.4 is 5.32 Å². The summed E-state index contributed by atoms with van der Waals surface area (Å²) in [6.07, 6.45) is -4.00. The first-order chi connectivity index (χ1) is 7.25. The lowest BCUT2D eigenvalue weighted by Crippen LogP contribution is -2.59. The monoisotopic (exact) mass is 240 g/mol. The molecule has 7 heteroatoms. The van der Waals surface area contributed by atoms with Crippen LogP contribution in [-0.4, -0.2) is 54.4 Å². The van der Waals surface area contributed by atoms with Crippen LogP contribution >= 0.6 is 0 Å². The number of alkyl halides is 3. The van der Waals surface area contributed by atoms with Gasteiger partial charge in [0, 0.05) is 13.1 Å². The van der Waals surface area contributed by atoms with Crippen molar-refractivity contribution >= 4 is 5.97 Å². The predicted molar refractivity (Wildman–Crippen MR) is 51.2 cm³/mol. The molecule has 94 valence electrons. The Labute approximate surface area is 91.4 Å². The summed E-state index contributed by atoms with van der Waals surface area (Å²) in [6, 6.07) is 0. The molecule has 1 fully saturated rings. The lowest BCUT2D eigenvalue weighted by Gasteiger charge is -2.38. The number of nitrogens with one attached hydrogen (secondary N) is 1. The summed E-state index contributed by atoms with van der Waals surface area (Å²) >= 11 is 0. The molecular formula is C9H15F3N2O2. The van der Waals surface area contributed by atoms with Gasteiger partial charge in [0.2, 0.25) is 0 Å². The van der Waals surface area contributed by atoms with E-state index in [1.807, 2.05) is 11.9 Å². The highest BCUT2D eigenvalue weighted by Gasteiger charge is 2.43. The number of nitrogens with zero attached hydrogens (tertiary/aromatic N) is 1. The number of halogens is 3. The van der Waals surface area contributed by atoms with Crippen molar-refractivity contribution in [3.05, 3.63) is 0 Å². The molecule has 1 heterocycles. The fraction of sp³-hybridized carbons (Fsp3) is 0.889. The quantitative estimate of drug-likeness (QED) is 0.762. The normalized spacial score (nSPS) is 22.0. The van der Waals surface area contributed by atoms with E-state index in [1.165, 1.54) is 0 Å². The van der Waals surface area contributed by atoms with Crippen LogP contribution in [0.2, 0.25) is 0 Å². The molecule has 0 aliphatic carbocycles. The fourth-order valence-electron chi connectivity index (χ4n) is 1.74. The van der Waals surface area contributed by atoms with Crippen molar-refractivity contribution in [1.29, 1.82) is 0 Å². The fourth-order valence-corrected chi connectivity index (χ4v) is 1.74. The third-order valence-corrected chi connectivity index (χ3v) is 2.88. The Kier molecular flexibility index (Phi) is 3.80. The minimum Gasteiger partial charge on any atom is -0.480 e. The Morgan fingerprint density at radius 2 is 1.94 bits per heavy atom. The van der Waals surface area contributed by atoms with Gasteiger partial charge in [-0.2, -0.15) is 13.2 Å². The molecule has 16 heavy (non-hydrogen) atoms. The van der Waals surface area contributed by atoms with Crippen molar-refractivity contribution in [3.8, 4) is 0 Å². The summed E-state index contributed by atoms with van der Waals surface area (Å²) in [7, 11) is 1.82. The van der Waals surface area contributed by atoms with Gasteiger partial charge in [-0.3, -0.25) is 10.1 Å². The summed E-state index contributed by atoms with van der Waals surface area (Å²) in [5.41, 5.74) is -1.43. The molecule has 0 aromatic carbocycles. The molecular weight excluding hydrogens is 225 g/mol. The summed E-state index contributed by atoms with van der Waals surface area (Å²) in [5, 5.41) is 11.2. The van der Waals surface area contributed by atoms with E-state index in [9.17, 15) is 18.0 Å². The standard InChI is InChI=1S/C9H15F3N2O2/c1-14-4-2-8(3-5-14,7(15)16)13-6-9(10,11)12/h13H,2-6H2,1H3,(H,15,16). The van der Waals surface area contributed by atoms with Gasteiger partial charge in [-0.25, -0.2) is 0 Å². The lowest BCUT2D eigenvalue weighted by atomic mass is 9.87. The van der Waals surface area contributed by atoms with Gasteiger partial charge in [-0.05, 0) is 19.9 Å². The summed E-state index contributed by atoms with van der Waals surface area (Å²) in [6.45, 7) is -0.294. The van der Waals surface area contributed by atoms with Crippen molar-refractivity contribution in [3.63, 3.8) is 0 Å². The molecule has 1 saturated heterocycles. The van der Waals surface area contributed by atoms with Crippen LogP contribution in [0, 0.1) is 0 Å². The van der Waals surface area contributed by atoms with Gasteiger partial charge in [0.05, 0.1) is 6.54 Å². The Morgan fingerprint density at radius 1 is 1.44 bits per heavy atom. The van der Waals surface area contributed by atoms with E-state index < -0.39 is 24.2 Å². The van der Waals surface area contributed by atoms with Gasteiger partial charge in [0.25, 0.3) is 0 Å². The number of carboxylic acids is 1. The first-order valence-corrected chi connectivity index (χ1v) is 4.99. The van der Waals surface area contributed by atoms with Gasteiger partial charge in [0.1, 0.15) is 5.54 Å². The topological polar surface area (TPSA) is 52.6 Å². The molecule has 1 rings (SSSR count). The lowest BCUT2D eigenvalue weighted by molar-refractivity contribution is -0.152. The van der Waals surface area contributed by atoms with Crippen LogP contribution in [-0.2, 0) is 4.79 Å². The molecule has 0 unspecified atom stereocenters. The van der Waals surface area contributed by atoms with Gasteiger partial charge in [-0.1, -0.05) is 0 Å². The number of carbonyl (C=O) groups is 1. The summed E-state index contributed by atoms with van der Waals surface area (Å²) < 4.78 is 36.2. The SMILES string of the molecule is CN1CCC(NCC(F)(F)F)(C(=O)O)CC1. The number of carboxylic acid groups (broad SMARTS) is 1. The highest BCUT2D eigenvalue weighted by Crippen LogP contribution is 2.24. The molecule has 0 atom stereocenters. The number of likely N-dealkylation sites (tertiary alicyclic amines) is 1. The molecule has 0 radical (unpaired) electrons. The van der Waals surface area contributed by atoms with E-state index in [0.717, 1.165) is 0 Å². The number of rotatable bonds is 3. The maximum Gasteiger partial charge on any atom is 0.401 e. The first kappa shape index (κ1) is 13.2. The Balaban J connectivity index is 2.64. The van der Waals surface area contributed by atoms with E-state index >= 15 is 0 Å². The third-order valence-electron chi connectivity index (χ3n) is 2.88. The van der Waals surface area contributed by atoms with Crippen LogP contribution in [0.15, 0.2) is 0 Å². The average molecular weight is 240 g/mol. The molecule has 0 bridgehead atoms. The van der Waals surface area contributed by atoms with E-state index in [-0.39, 0.29) is 12.8 Å². The van der Waals surface area contributed by atoms with Crippen molar-refractivity contribution in [2.24, 2.45) is 0 Å². The molecule has 4 nitrogen and oxygen atoms in total. The van der Waals surface area contributed by atoms with E-state index in [1.54, 1.807) is 0 Å². The van der Waals surface area contributed by atoms with Crippen molar-refractivity contribution in [1.82, 2.24) is 10.2 Å². The van der Waals surface area contributed by atoms with E-state index in [0.29, 0.717) is 13.1 Å². The Bertz CT molecular complexity index is 260. The van der Waals surface area contributed by atoms with Crippen LogP contribution in [0.4, 0.5) is 13.2 Å². The van der Waals surface area contributed by atoms with Gasteiger partial charge < -0.3 is 10.0 Å². The minimum absolute atomic E-state index is 0.189. The molecule has 0 spiro atoms. The molecule has 0 aromatic rings. The maximum absolute atomic E-state index is 12.1. The third kappa shape index (κ3) is 3.34. The van der Waals surface area contributed by atoms with Crippen molar-refractivity contribution < 1.29 is 23.1 Å². The second kappa shape index (κ2) is 4.58. The minimum atomic E-state index is -4.38. The van der Waals surface area contributed by atoms with Crippen LogP contribution in [0.25, 0.3) is 0 Å². The highest BCUT2D eigenvalue weighted by atomic mass is 19.4. The van der Waals surface area contributed by atoms with Crippen LogP contribution in [0.3, 0.4) is 0 Å². The largest absolute Gasteiger partial charge is 0.480 e. The molecule has 1 aliphatic rings. The summed E-state index contributed by atoms with van der Waals surface area (Å²) in [5.74, 6) is -1.20. The number of hydrogen-bond donors (Lipinski definition) is 2. The Morgan fingerprint density at radius 3 is 2.31 bits per heavy atom. The average Bonchev–Trinajstić information content (AvgIpc) is 2.16. The molecule has 2 N–H and O–H groups in total.